The zero-order valence-corrected chi connectivity index (χ0v) is 12.4. The average molecular weight is 288 g/mol. The lowest BCUT2D eigenvalue weighted by molar-refractivity contribution is 0.0475. The molecule has 21 heavy (non-hydrogen) atoms. The van der Waals surface area contributed by atoms with Crippen LogP contribution in [0.15, 0.2) is 30.3 Å². The Labute approximate surface area is 123 Å². The Bertz CT molecular complexity index is 670. The molecule has 0 unspecified atom stereocenters. The minimum atomic E-state index is -0.655. The quantitative estimate of drug-likeness (QED) is 0.583. The lowest BCUT2D eigenvalue weighted by Gasteiger charge is -2.34. The number of carbonyl (C=O) groups is 1. The van der Waals surface area contributed by atoms with Gasteiger partial charge in [0.2, 0.25) is 0 Å². The first-order chi connectivity index (χ1) is 9.90. The molecule has 0 saturated heterocycles. The topological polar surface area (TPSA) is 91.5 Å². The Morgan fingerprint density at radius 2 is 2.10 bits per heavy atom. The van der Waals surface area contributed by atoms with Gasteiger partial charge in [0, 0.05) is 12.4 Å². The van der Waals surface area contributed by atoms with Crippen LogP contribution in [0.4, 0.5) is 5.82 Å². The fourth-order valence-corrected chi connectivity index (χ4v) is 1.99. The van der Waals surface area contributed by atoms with Crippen LogP contribution >= 0.6 is 0 Å². The van der Waals surface area contributed by atoms with Crippen molar-refractivity contribution in [2.75, 3.05) is 19.1 Å². The summed E-state index contributed by atoms with van der Waals surface area (Å²) in [5, 5.41) is 10.2. The van der Waals surface area contributed by atoms with Gasteiger partial charge in [-0.1, -0.05) is 18.2 Å². The molecule has 0 aliphatic rings. The van der Waals surface area contributed by atoms with Crippen molar-refractivity contribution in [1.29, 1.82) is 0 Å². The number of carbonyl (C=O) groups excluding carboxylic acids is 1. The van der Waals surface area contributed by atoms with Crippen molar-refractivity contribution in [2.24, 2.45) is 5.84 Å². The number of hydrogen-bond acceptors (Lipinski definition) is 5. The maximum absolute atomic E-state index is 12.8. The Morgan fingerprint density at radius 3 is 2.71 bits per heavy atom. The number of fused-ring (bicyclic) bond motifs is 1. The van der Waals surface area contributed by atoms with E-state index in [0.29, 0.717) is 16.9 Å². The molecule has 0 bridgehead atoms. The van der Waals surface area contributed by atoms with E-state index >= 15 is 0 Å². The molecule has 0 spiro atoms. The Balaban J connectivity index is 2.57. The lowest BCUT2D eigenvalue weighted by Crippen LogP contribution is -2.47. The molecule has 2 aromatic rings. The van der Waals surface area contributed by atoms with Gasteiger partial charge < -0.3 is 15.4 Å². The van der Waals surface area contributed by atoms with Crippen LogP contribution < -0.4 is 11.3 Å². The third-order valence-corrected chi connectivity index (χ3v) is 3.69. The molecule has 6 heteroatoms. The van der Waals surface area contributed by atoms with Gasteiger partial charge in [0.05, 0.1) is 23.2 Å². The van der Waals surface area contributed by atoms with E-state index < -0.39 is 5.54 Å². The van der Waals surface area contributed by atoms with Crippen LogP contribution in [-0.4, -0.2) is 40.1 Å². The summed E-state index contributed by atoms with van der Waals surface area (Å²) in [7, 11) is 1.67. The molecule has 2 rings (SSSR count). The van der Waals surface area contributed by atoms with Crippen LogP contribution in [0.3, 0.4) is 0 Å². The highest BCUT2D eigenvalue weighted by Gasteiger charge is 2.28. The number of aliphatic hydroxyl groups is 1. The second kappa shape index (κ2) is 5.67. The number of likely N-dealkylation sites (N-methyl/N-ethyl adjacent to an activating group) is 1. The Morgan fingerprint density at radius 1 is 1.43 bits per heavy atom. The highest BCUT2D eigenvalue weighted by atomic mass is 16.3. The first kappa shape index (κ1) is 15.2. The van der Waals surface area contributed by atoms with Crippen LogP contribution in [0.5, 0.6) is 0 Å². The predicted molar refractivity (Wildman–Crippen MR) is 82.8 cm³/mol. The maximum atomic E-state index is 12.8. The summed E-state index contributed by atoms with van der Waals surface area (Å²) in [6.07, 6.45) is 0. The van der Waals surface area contributed by atoms with Gasteiger partial charge in [0.25, 0.3) is 5.91 Å². The van der Waals surface area contributed by atoms with Crippen LogP contribution in [0.1, 0.15) is 24.2 Å². The van der Waals surface area contributed by atoms with Crippen molar-refractivity contribution in [3.05, 3.63) is 35.9 Å². The van der Waals surface area contributed by atoms with E-state index in [0.717, 1.165) is 5.39 Å². The fraction of sp³-hybridized carbons (Fsp3) is 0.333. The van der Waals surface area contributed by atoms with Gasteiger partial charge in [-0.3, -0.25) is 4.79 Å². The van der Waals surface area contributed by atoms with Gasteiger partial charge in [0.15, 0.2) is 0 Å². The smallest absolute Gasteiger partial charge is 0.254 e. The van der Waals surface area contributed by atoms with E-state index in [1.165, 1.54) is 4.90 Å². The molecule has 0 atom stereocenters. The molecule has 1 amide bonds. The maximum Gasteiger partial charge on any atom is 0.254 e. The van der Waals surface area contributed by atoms with Gasteiger partial charge in [-0.15, -0.1) is 0 Å². The standard InChI is InChI=1S/C15H20N4O2/c1-15(2,9-20)19(3)14(21)11-8-13(18-16)17-12-7-5-4-6-10(11)12/h4-8,20H,9,16H2,1-3H3,(H,17,18). The number of para-hydroxylation sites is 1. The van der Waals surface area contributed by atoms with Crippen molar-refractivity contribution in [3.63, 3.8) is 0 Å². The fourth-order valence-electron chi connectivity index (χ4n) is 1.99. The third kappa shape index (κ3) is 2.81. The summed E-state index contributed by atoms with van der Waals surface area (Å²) in [4.78, 5) is 18.6. The molecule has 4 N–H and O–H groups in total. The number of hydrazine groups is 1. The van der Waals surface area contributed by atoms with Crippen molar-refractivity contribution in [2.45, 2.75) is 19.4 Å². The minimum absolute atomic E-state index is 0.125. The van der Waals surface area contributed by atoms with E-state index in [4.69, 9.17) is 5.84 Å². The summed E-state index contributed by atoms with van der Waals surface area (Å²) in [5.41, 5.74) is 3.00. The van der Waals surface area contributed by atoms with E-state index in [9.17, 15) is 9.90 Å². The van der Waals surface area contributed by atoms with Gasteiger partial charge in [-0.2, -0.15) is 0 Å². The third-order valence-electron chi connectivity index (χ3n) is 3.69. The number of anilines is 1. The lowest BCUT2D eigenvalue weighted by atomic mass is 10.0. The molecule has 112 valence electrons. The predicted octanol–water partition coefficient (Wildman–Crippen LogP) is 1.36. The van der Waals surface area contributed by atoms with Gasteiger partial charge in [-0.25, -0.2) is 10.8 Å². The SMILES string of the molecule is CN(C(=O)c1cc(NN)nc2ccccc12)C(C)(C)CO. The second-order valence-electron chi connectivity index (χ2n) is 5.55. The number of aromatic nitrogens is 1. The number of nitrogens with zero attached hydrogens (tertiary/aromatic N) is 2. The number of amides is 1. The number of hydrogen-bond donors (Lipinski definition) is 3. The molecular weight excluding hydrogens is 268 g/mol. The van der Waals surface area contributed by atoms with Gasteiger partial charge >= 0.3 is 0 Å². The van der Waals surface area contributed by atoms with Crippen LogP contribution in [0.2, 0.25) is 0 Å². The van der Waals surface area contributed by atoms with Crippen LogP contribution in [0.25, 0.3) is 10.9 Å². The minimum Gasteiger partial charge on any atom is -0.394 e. The molecule has 0 radical (unpaired) electrons. The van der Waals surface area contributed by atoms with Crippen molar-refractivity contribution < 1.29 is 9.90 Å². The first-order valence-corrected chi connectivity index (χ1v) is 6.66. The Hall–Kier alpha value is -2.18. The average Bonchev–Trinajstić information content (AvgIpc) is 2.52. The molecule has 1 heterocycles. The number of benzene rings is 1. The van der Waals surface area contributed by atoms with Crippen molar-refractivity contribution in [3.8, 4) is 0 Å². The molecule has 1 aromatic heterocycles. The monoisotopic (exact) mass is 288 g/mol. The largest absolute Gasteiger partial charge is 0.394 e. The number of nitrogens with one attached hydrogen (secondary N) is 1. The normalized spacial score (nSPS) is 11.5. The molecule has 1 aromatic carbocycles. The number of nitrogen functional groups attached to an aromatic ring is 1. The highest BCUT2D eigenvalue weighted by molar-refractivity contribution is 6.07. The molecule has 0 aliphatic carbocycles. The number of rotatable bonds is 4. The zero-order valence-electron chi connectivity index (χ0n) is 12.4. The number of nitrogens with two attached hydrogens (primary N) is 1. The molecule has 0 fully saturated rings. The number of aliphatic hydroxyl groups excluding tert-OH is 1. The zero-order chi connectivity index (χ0) is 15.6. The second-order valence-corrected chi connectivity index (χ2v) is 5.55. The summed E-state index contributed by atoms with van der Waals surface area (Å²) >= 11 is 0. The summed E-state index contributed by atoms with van der Waals surface area (Å²) in [5.74, 6) is 5.65. The van der Waals surface area contributed by atoms with E-state index in [2.05, 4.69) is 10.4 Å². The summed E-state index contributed by atoms with van der Waals surface area (Å²) in [6.45, 7) is 3.48. The highest BCUT2D eigenvalue weighted by Crippen LogP contribution is 2.24. The molecule has 0 aliphatic heterocycles. The van der Waals surface area contributed by atoms with Crippen LogP contribution in [0, 0.1) is 0 Å². The first-order valence-electron chi connectivity index (χ1n) is 6.66. The van der Waals surface area contributed by atoms with Crippen LogP contribution in [-0.2, 0) is 0 Å². The molecule has 6 nitrogen and oxygen atoms in total. The van der Waals surface area contributed by atoms with Gasteiger partial charge in [-0.05, 0) is 26.0 Å². The van der Waals surface area contributed by atoms with E-state index in [1.807, 2.05) is 24.3 Å². The molecular formula is C15H20N4O2. The Kier molecular flexibility index (Phi) is 4.11. The van der Waals surface area contributed by atoms with Crippen molar-refractivity contribution >= 4 is 22.6 Å². The number of pyridine rings is 1. The van der Waals surface area contributed by atoms with Gasteiger partial charge in [0.1, 0.15) is 5.82 Å². The summed E-state index contributed by atoms with van der Waals surface area (Å²) in [6, 6.07) is 8.99. The van der Waals surface area contributed by atoms with E-state index in [1.54, 1.807) is 27.0 Å². The molecule has 0 saturated carbocycles. The van der Waals surface area contributed by atoms with Crippen molar-refractivity contribution in [1.82, 2.24) is 9.88 Å². The van der Waals surface area contributed by atoms with E-state index in [-0.39, 0.29) is 12.5 Å². The summed E-state index contributed by atoms with van der Waals surface area (Å²) < 4.78 is 0.